The highest BCUT2D eigenvalue weighted by atomic mass is 16.7. The van der Waals surface area contributed by atoms with Crippen LogP contribution in [0, 0.1) is 5.92 Å². The highest BCUT2D eigenvalue weighted by Gasteiger charge is 2.39. The van der Waals surface area contributed by atoms with Gasteiger partial charge in [0.25, 0.3) is 0 Å². The molecule has 0 spiro atoms. The zero-order valence-electron chi connectivity index (χ0n) is 19.0. The van der Waals surface area contributed by atoms with Crippen molar-refractivity contribution < 1.29 is 9.47 Å². The molecule has 0 aliphatic carbocycles. The SMILES string of the molecule is CCCCC=CC(CCCCCCCC)C(CC)(OC(C)C)OC(C)C. The molecule has 0 fully saturated rings. The van der Waals surface area contributed by atoms with Gasteiger partial charge in [0.2, 0.25) is 0 Å². The molecule has 0 N–H and O–H groups in total. The third kappa shape index (κ3) is 11.4. The van der Waals surface area contributed by atoms with Crippen LogP contribution in [0.2, 0.25) is 0 Å². The Kier molecular flexibility index (Phi) is 15.5. The summed E-state index contributed by atoms with van der Waals surface area (Å²) in [7, 11) is 0. The van der Waals surface area contributed by atoms with E-state index in [4.69, 9.17) is 9.47 Å². The van der Waals surface area contributed by atoms with Crippen LogP contribution in [0.15, 0.2) is 12.2 Å². The number of unbranched alkanes of at least 4 members (excludes halogenated alkanes) is 7. The van der Waals surface area contributed by atoms with E-state index < -0.39 is 5.79 Å². The van der Waals surface area contributed by atoms with E-state index in [0.717, 1.165) is 19.3 Å². The molecule has 1 unspecified atom stereocenters. The van der Waals surface area contributed by atoms with Crippen molar-refractivity contribution in [1.82, 2.24) is 0 Å². The zero-order valence-corrected chi connectivity index (χ0v) is 19.0. The molecule has 2 nitrogen and oxygen atoms in total. The highest BCUT2D eigenvalue weighted by molar-refractivity contribution is 4.97. The average molecular weight is 369 g/mol. The second-order valence-corrected chi connectivity index (χ2v) is 8.23. The van der Waals surface area contributed by atoms with E-state index in [1.54, 1.807) is 0 Å². The van der Waals surface area contributed by atoms with Gasteiger partial charge in [-0.15, -0.1) is 0 Å². The first kappa shape index (κ1) is 25.7. The number of hydrogen-bond acceptors (Lipinski definition) is 2. The normalized spacial score (nSPS) is 14.0. The summed E-state index contributed by atoms with van der Waals surface area (Å²) in [5.74, 6) is -0.158. The lowest BCUT2D eigenvalue weighted by Gasteiger charge is -2.41. The summed E-state index contributed by atoms with van der Waals surface area (Å²) in [6, 6.07) is 0. The number of ether oxygens (including phenoxy) is 2. The van der Waals surface area contributed by atoms with Crippen LogP contribution < -0.4 is 0 Å². The van der Waals surface area contributed by atoms with Gasteiger partial charge in [-0.05, 0) is 47.0 Å². The molecule has 0 aliphatic rings. The molecule has 0 aromatic heterocycles. The molecule has 0 aliphatic heterocycles. The Balaban J connectivity index is 5.08. The Morgan fingerprint density at radius 1 is 0.731 bits per heavy atom. The van der Waals surface area contributed by atoms with Crippen molar-refractivity contribution in [3.8, 4) is 0 Å². The molecule has 0 amide bonds. The van der Waals surface area contributed by atoms with Crippen molar-refractivity contribution in [1.29, 1.82) is 0 Å². The van der Waals surface area contributed by atoms with Crippen molar-refractivity contribution in [3.63, 3.8) is 0 Å². The van der Waals surface area contributed by atoms with Gasteiger partial charge in [0.1, 0.15) is 0 Å². The van der Waals surface area contributed by atoms with Crippen LogP contribution in [-0.2, 0) is 9.47 Å². The Labute approximate surface area is 165 Å². The van der Waals surface area contributed by atoms with Gasteiger partial charge in [0, 0.05) is 5.92 Å². The molecule has 0 aromatic carbocycles. The molecular formula is C24H48O2. The lowest BCUT2D eigenvalue weighted by Crippen LogP contribution is -2.46. The van der Waals surface area contributed by atoms with Crippen molar-refractivity contribution in [2.45, 2.75) is 137 Å². The maximum atomic E-state index is 6.44. The van der Waals surface area contributed by atoms with E-state index in [2.05, 4.69) is 60.6 Å². The lowest BCUT2D eigenvalue weighted by molar-refractivity contribution is -0.290. The van der Waals surface area contributed by atoms with E-state index in [1.807, 2.05) is 0 Å². The lowest BCUT2D eigenvalue weighted by atomic mass is 9.88. The van der Waals surface area contributed by atoms with E-state index >= 15 is 0 Å². The standard InChI is InChI=1S/C24H48O2/c1-8-11-13-15-16-18-20-23(19-17-14-12-9-2)24(10-3,25-21(4)5)26-22(6)7/h17,19,21-23H,8-16,18,20H2,1-7H3. The van der Waals surface area contributed by atoms with Gasteiger partial charge >= 0.3 is 0 Å². The third-order valence-electron chi connectivity index (χ3n) is 4.89. The van der Waals surface area contributed by atoms with Gasteiger partial charge < -0.3 is 9.47 Å². The van der Waals surface area contributed by atoms with Gasteiger partial charge in [-0.2, -0.15) is 0 Å². The average Bonchev–Trinajstić information content (AvgIpc) is 2.58. The van der Waals surface area contributed by atoms with Crippen molar-refractivity contribution in [2.24, 2.45) is 5.92 Å². The fraction of sp³-hybridized carbons (Fsp3) is 0.917. The summed E-state index contributed by atoms with van der Waals surface area (Å²) < 4.78 is 12.9. The third-order valence-corrected chi connectivity index (χ3v) is 4.89. The largest absolute Gasteiger partial charge is 0.347 e. The molecule has 26 heavy (non-hydrogen) atoms. The van der Waals surface area contributed by atoms with Crippen LogP contribution in [0.25, 0.3) is 0 Å². The summed E-state index contributed by atoms with van der Waals surface area (Å²) in [5, 5.41) is 0. The van der Waals surface area contributed by atoms with Gasteiger partial charge in [-0.25, -0.2) is 0 Å². The van der Waals surface area contributed by atoms with Crippen LogP contribution >= 0.6 is 0 Å². The second-order valence-electron chi connectivity index (χ2n) is 8.23. The van der Waals surface area contributed by atoms with Crippen molar-refractivity contribution in [2.75, 3.05) is 0 Å². The van der Waals surface area contributed by atoms with Gasteiger partial charge in [-0.1, -0.05) is 84.3 Å². The van der Waals surface area contributed by atoms with Crippen LogP contribution in [0.3, 0.4) is 0 Å². The van der Waals surface area contributed by atoms with E-state index in [9.17, 15) is 0 Å². The fourth-order valence-corrected chi connectivity index (χ4v) is 3.62. The maximum Gasteiger partial charge on any atom is 0.174 e. The van der Waals surface area contributed by atoms with Crippen molar-refractivity contribution in [3.05, 3.63) is 12.2 Å². The van der Waals surface area contributed by atoms with Crippen LogP contribution in [0.4, 0.5) is 0 Å². The van der Waals surface area contributed by atoms with Gasteiger partial charge in [-0.3, -0.25) is 0 Å². The molecule has 0 saturated heterocycles. The summed E-state index contributed by atoms with van der Waals surface area (Å²) >= 11 is 0. The molecule has 0 rings (SSSR count). The summed E-state index contributed by atoms with van der Waals surface area (Å²) in [6.45, 7) is 15.2. The minimum atomic E-state index is -0.492. The Bertz CT molecular complexity index is 323. The predicted molar refractivity (Wildman–Crippen MR) is 116 cm³/mol. The van der Waals surface area contributed by atoms with Gasteiger partial charge in [0.05, 0.1) is 12.2 Å². The van der Waals surface area contributed by atoms with E-state index in [0.29, 0.717) is 5.92 Å². The van der Waals surface area contributed by atoms with E-state index in [1.165, 1.54) is 51.4 Å². The summed E-state index contributed by atoms with van der Waals surface area (Å²) in [6.07, 6.45) is 18.8. The van der Waals surface area contributed by atoms with Gasteiger partial charge in [0.15, 0.2) is 5.79 Å². The number of rotatable bonds is 17. The molecule has 2 heteroatoms. The second kappa shape index (κ2) is 15.7. The quantitative estimate of drug-likeness (QED) is 0.147. The van der Waals surface area contributed by atoms with Crippen molar-refractivity contribution >= 4 is 0 Å². The molecular weight excluding hydrogens is 320 g/mol. The monoisotopic (exact) mass is 368 g/mol. The Morgan fingerprint density at radius 3 is 1.77 bits per heavy atom. The maximum absolute atomic E-state index is 6.44. The topological polar surface area (TPSA) is 18.5 Å². The van der Waals surface area contributed by atoms with Crippen LogP contribution in [-0.4, -0.2) is 18.0 Å². The Hall–Kier alpha value is -0.340. The molecule has 0 saturated carbocycles. The molecule has 0 aromatic rings. The van der Waals surface area contributed by atoms with Crippen LogP contribution in [0.5, 0.6) is 0 Å². The minimum Gasteiger partial charge on any atom is -0.347 e. The van der Waals surface area contributed by atoms with Crippen LogP contribution in [0.1, 0.15) is 119 Å². The Morgan fingerprint density at radius 2 is 1.27 bits per heavy atom. The first-order valence-corrected chi connectivity index (χ1v) is 11.4. The smallest absolute Gasteiger partial charge is 0.174 e. The zero-order chi connectivity index (χ0) is 19.8. The molecule has 1 atom stereocenters. The first-order chi connectivity index (χ1) is 12.4. The number of allylic oxidation sites excluding steroid dienone is 1. The van der Waals surface area contributed by atoms with E-state index in [-0.39, 0.29) is 12.2 Å². The number of hydrogen-bond donors (Lipinski definition) is 0. The molecule has 156 valence electrons. The molecule has 0 radical (unpaired) electrons. The summed E-state index contributed by atoms with van der Waals surface area (Å²) in [4.78, 5) is 0. The summed E-state index contributed by atoms with van der Waals surface area (Å²) in [5.41, 5.74) is 0. The minimum absolute atomic E-state index is 0.171. The molecule has 0 heterocycles. The fourth-order valence-electron chi connectivity index (χ4n) is 3.62. The molecule has 0 bridgehead atoms. The predicted octanol–water partition coefficient (Wildman–Crippen LogP) is 8.06. The highest BCUT2D eigenvalue weighted by Crippen LogP contribution is 2.35. The first-order valence-electron chi connectivity index (χ1n) is 11.4.